The summed E-state index contributed by atoms with van der Waals surface area (Å²) in [5, 5.41) is 13.0. The predicted octanol–water partition coefficient (Wildman–Crippen LogP) is 3.11. The first kappa shape index (κ1) is 29.4. The summed E-state index contributed by atoms with van der Waals surface area (Å²) >= 11 is 0. The van der Waals surface area contributed by atoms with Crippen molar-refractivity contribution >= 4 is 35.2 Å². The first-order valence-corrected chi connectivity index (χ1v) is 14.0. The molecule has 2 aromatic heterocycles. The molecule has 1 saturated heterocycles. The topological polar surface area (TPSA) is 139 Å². The average Bonchev–Trinajstić information content (AvgIpc) is 3.44. The number of carbonyl (C=O) groups excluding carboxylic acids is 1. The maximum atomic E-state index is 12.8. The summed E-state index contributed by atoms with van der Waals surface area (Å²) in [4.78, 5) is 36.7. The fourth-order valence-electron chi connectivity index (χ4n) is 4.74. The molecule has 0 spiro atoms. The van der Waals surface area contributed by atoms with Crippen LogP contribution in [0, 0.1) is 6.57 Å². The van der Waals surface area contributed by atoms with E-state index in [-0.39, 0.29) is 5.95 Å². The van der Waals surface area contributed by atoms with Gasteiger partial charge in [-0.15, -0.1) is 0 Å². The van der Waals surface area contributed by atoms with Crippen molar-refractivity contribution < 1.29 is 9.53 Å². The summed E-state index contributed by atoms with van der Waals surface area (Å²) in [6.45, 7) is 12.4. The van der Waals surface area contributed by atoms with Crippen LogP contribution < -0.4 is 21.3 Å². The molecular weight excluding hydrogens is 546 g/mol. The molecule has 1 aliphatic heterocycles. The van der Waals surface area contributed by atoms with Crippen molar-refractivity contribution in [2.24, 2.45) is 7.05 Å². The number of piperazine rings is 1. The van der Waals surface area contributed by atoms with Gasteiger partial charge in [-0.3, -0.25) is 4.90 Å². The van der Waals surface area contributed by atoms with Crippen LogP contribution in [-0.4, -0.2) is 74.7 Å². The molecule has 4 N–H and O–H groups in total. The minimum Gasteiger partial charge on any atom is -0.467 e. The largest absolute Gasteiger partial charge is 0.467 e. The van der Waals surface area contributed by atoms with Gasteiger partial charge in [-0.05, 0) is 23.3 Å². The number of aromatic nitrogens is 5. The smallest absolute Gasteiger partial charge is 0.328 e. The molecule has 13 nitrogen and oxygen atoms in total. The van der Waals surface area contributed by atoms with Crippen LogP contribution in [0.1, 0.15) is 17.0 Å². The molecule has 0 saturated carbocycles. The quantitative estimate of drug-likeness (QED) is 0.145. The Morgan fingerprint density at radius 2 is 1.84 bits per heavy atom. The predicted molar refractivity (Wildman–Crippen MR) is 164 cm³/mol. The molecule has 13 heteroatoms. The second-order valence-corrected chi connectivity index (χ2v) is 10.2. The van der Waals surface area contributed by atoms with Crippen molar-refractivity contribution in [2.75, 3.05) is 49.2 Å². The Kier molecular flexibility index (Phi) is 9.73. The number of aryl methyl sites for hydroxylation is 1. The average molecular weight is 582 g/mol. The Balaban J connectivity index is 1.38. The Morgan fingerprint density at radius 3 is 2.56 bits per heavy atom. The molecule has 1 aliphatic rings. The summed E-state index contributed by atoms with van der Waals surface area (Å²) in [6, 6.07) is 14.5. The minimum absolute atomic E-state index is 0.199. The third-order valence-corrected chi connectivity index (χ3v) is 7.05. The highest BCUT2D eigenvalue weighted by atomic mass is 16.5. The van der Waals surface area contributed by atoms with Crippen molar-refractivity contribution in [3.8, 4) is 0 Å². The second kappa shape index (κ2) is 14.2. The van der Waals surface area contributed by atoms with Crippen molar-refractivity contribution in [2.45, 2.75) is 25.6 Å². The number of esters is 1. The van der Waals surface area contributed by atoms with Crippen LogP contribution in [0.2, 0.25) is 0 Å². The van der Waals surface area contributed by atoms with Crippen LogP contribution in [0.4, 0.5) is 29.2 Å². The molecule has 0 amide bonds. The van der Waals surface area contributed by atoms with E-state index >= 15 is 0 Å². The Labute approximate surface area is 250 Å². The van der Waals surface area contributed by atoms with Crippen LogP contribution in [0.15, 0.2) is 60.9 Å². The number of rotatable bonds is 12. The fraction of sp³-hybridized carbons (Fsp3) is 0.333. The number of carbonyl (C=O) groups is 1. The zero-order chi connectivity index (χ0) is 30.0. The van der Waals surface area contributed by atoms with Crippen LogP contribution in [0.25, 0.3) is 4.85 Å². The Bertz CT molecular complexity index is 1560. The molecule has 0 radical (unpaired) electrons. The third-order valence-electron chi connectivity index (χ3n) is 7.05. The standard InChI is InChI=1S/C30H35N11O2/c1-31-23-9-7-21(8-10-23)18-25(27(42)43-3)36-30-38-28(34-19-26-33-13-14-40(26)2)37-29(39-30)35-24-6-4-5-22(17-24)20-41-15-11-32-12-16-41/h4-10,13-14,17,25,32H,11-12,15-16,18-20H2,2-3H3,(H3,34,35,36,37,38,39)/t25-/m0/s1. The van der Waals surface area contributed by atoms with Gasteiger partial charge in [0.25, 0.3) is 0 Å². The van der Waals surface area contributed by atoms with E-state index in [1.54, 1.807) is 18.3 Å². The van der Waals surface area contributed by atoms with Crippen LogP contribution in [0.3, 0.4) is 0 Å². The van der Waals surface area contributed by atoms with Crippen molar-refractivity contribution in [3.05, 3.63) is 89.3 Å². The molecule has 1 fully saturated rings. The highest BCUT2D eigenvalue weighted by Crippen LogP contribution is 2.20. The summed E-state index contributed by atoms with van der Waals surface area (Å²) in [6.07, 6.45) is 3.90. The number of hydrogen-bond donors (Lipinski definition) is 4. The van der Waals surface area contributed by atoms with Gasteiger partial charge in [0.05, 0.1) is 20.2 Å². The van der Waals surface area contributed by atoms with Crippen LogP contribution in [0.5, 0.6) is 0 Å². The van der Waals surface area contributed by atoms with Gasteiger partial charge in [-0.2, -0.15) is 15.0 Å². The van der Waals surface area contributed by atoms with Gasteiger partial charge in [0.2, 0.25) is 17.8 Å². The van der Waals surface area contributed by atoms with Crippen molar-refractivity contribution in [1.29, 1.82) is 0 Å². The van der Waals surface area contributed by atoms with Gasteiger partial charge < -0.3 is 30.6 Å². The Hall–Kier alpha value is -5.06. The van der Waals surface area contributed by atoms with E-state index in [0.29, 0.717) is 30.5 Å². The fourth-order valence-corrected chi connectivity index (χ4v) is 4.74. The number of benzene rings is 2. The first-order chi connectivity index (χ1) is 21.0. The summed E-state index contributed by atoms with van der Waals surface area (Å²) in [5.74, 6) is 1.16. The summed E-state index contributed by atoms with van der Waals surface area (Å²) < 4.78 is 6.98. The minimum atomic E-state index is -0.774. The van der Waals surface area contributed by atoms with Crippen LogP contribution >= 0.6 is 0 Å². The first-order valence-electron chi connectivity index (χ1n) is 14.0. The van der Waals surface area contributed by atoms with Gasteiger partial charge in [0.1, 0.15) is 11.9 Å². The molecule has 5 rings (SSSR count). The van der Waals surface area contributed by atoms with E-state index in [0.717, 1.165) is 49.8 Å². The number of imidazole rings is 1. The van der Waals surface area contributed by atoms with Gasteiger partial charge >= 0.3 is 5.97 Å². The molecule has 222 valence electrons. The lowest BCUT2D eigenvalue weighted by Crippen LogP contribution is -2.42. The van der Waals surface area contributed by atoms with Crippen molar-refractivity contribution in [3.63, 3.8) is 0 Å². The zero-order valence-corrected chi connectivity index (χ0v) is 24.2. The van der Waals surface area contributed by atoms with Gasteiger partial charge in [0.15, 0.2) is 5.69 Å². The molecule has 0 bridgehead atoms. The number of nitrogens with one attached hydrogen (secondary N) is 4. The zero-order valence-electron chi connectivity index (χ0n) is 24.2. The monoisotopic (exact) mass is 581 g/mol. The number of hydrogen-bond acceptors (Lipinski definition) is 11. The van der Waals surface area contributed by atoms with E-state index in [2.05, 4.69) is 63.1 Å². The molecule has 1 atom stereocenters. The molecule has 0 aliphatic carbocycles. The number of nitrogens with zero attached hydrogens (tertiary/aromatic N) is 7. The lowest BCUT2D eigenvalue weighted by molar-refractivity contribution is -0.141. The van der Waals surface area contributed by atoms with E-state index in [1.807, 2.05) is 42.1 Å². The molecule has 43 heavy (non-hydrogen) atoms. The van der Waals surface area contributed by atoms with Crippen LogP contribution in [-0.2, 0) is 36.1 Å². The normalized spacial score (nSPS) is 14.0. The maximum Gasteiger partial charge on any atom is 0.328 e. The lowest BCUT2D eigenvalue weighted by Gasteiger charge is -2.27. The highest BCUT2D eigenvalue weighted by molar-refractivity contribution is 5.79. The second-order valence-electron chi connectivity index (χ2n) is 10.2. The molecule has 0 unspecified atom stereocenters. The lowest BCUT2D eigenvalue weighted by atomic mass is 10.1. The van der Waals surface area contributed by atoms with E-state index in [1.165, 1.54) is 12.7 Å². The number of ether oxygens (including phenoxy) is 1. The highest BCUT2D eigenvalue weighted by Gasteiger charge is 2.22. The van der Waals surface area contributed by atoms with Gasteiger partial charge in [0, 0.05) is 64.3 Å². The molecular formula is C30H35N11O2. The maximum absolute atomic E-state index is 12.8. The molecule has 2 aromatic carbocycles. The van der Waals surface area contributed by atoms with E-state index in [4.69, 9.17) is 11.3 Å². The molecule has 3 heterocycles. The number of anilines is 4. The molecule has 4 aromatic rings. The Morgan fingerprint density at radius 1 is 1.07 bits per heavy atom. The van der Waals surface area contributed by atoms with E-state index in [9.17, 15) is 4.79 Å². The number of methoxy groups -OCH3 is 1. The van der Waals surface area contributed by atoms with Gasteiger partial charge in [-0.25, -0.2) is 14.6 Å². The van der Waals surface area contributed by atoms with Crippen molar-refractivity contribution in [1.82, 2.24) is 34.7 Å². The third kappa shape index (κ3) is 8.25. The SMILES string of the molecule is [C-]#[N+]c1ccc(C[C@H](Nc2nc(NCc3nccn3C)nc(Nc3cccc(CN4CCNCC4)c3)n2)C(=O)OC)cc1. The summed E-state index contributed by atoms with van der Waals surface area (Å²) in [5.41, 5.74) is 3.41. The van der Waals surface area contributed by atoms with E-state index < -0.39 is 12.0 Å². The summed E-state index contributed by atoms with van der Waals surface area (Å²) in [7, 11) is 3.25. The van der Waals surface area contributed by atoms with Gasteiger partial charge in [-0.1, -0.05) is 36.4 Å².